The van der Waals surface area contributed by atoms with Crippen LogP contribution in [-0.2, 0) is 0 Å². The van der Waals surface area contributed by atoms with Crippen molar-refractivity contribution < 1.29 is 19.1 Å². The van der Waals surface area contributed by atoms with Crippen LogP contribution in [0.4, 0.5) is 0 Å². The minimum atomic E-state index is -0.445. The average molecular weight is 458 g/mol. The fourth-order valence-electron chi connectivity index (χ4n) is 1.87. The zero-order valence-corrected chi connectivity index (χ0v) is 16.0. The molecule has 0 aliphatic carbocycles. The Labute approximate surface area is 155 Å². The number of hydrogen-bond acceptors (Lipinski definition) is 4. The van der Waals surface area contributed by atoms with E-state index < -0.39 is 11.8 Å². The van der Waals surface area contributed by atoms with E-state index in [2.05, 4.69) is 42.7 Å². The van der Waals surface area contributed by atoms with Crippen LogP contribution in [0.1, 0.15) is 20.7 Å². The molecule has 0 saturated carbocycles. The van der Waals surface area contributed by atoms with Gasteiger partial charge in [0.1, 0.15) is 11.5 Å². The van der Waals surface area contributed by atoms with Gasteiger partial charge in [-0.15, -0.1) is 0 Å². The van der Waals surface area contributed by atoms with E-state index in [9.17, 15) is 9.59 Å². The molecule has 0 unspecified atom stereocenters. The molecule has 0 atom stereocenters. The second-order valence-electron chi connectivity index (χ2n) is 4.61. The van der Waals surface area contributed by atoms with Gasteiger partial charge in [0, 0.05) is 11.1 Å². The topological polar surface area (TPSA) is 76.7 Å². The van der Waals surface area contributed by atoms with E-state index in [0.717, 1.165) is 0 Å². The van der Waals surface area contributed by atoms with Crippen LogP contribution in [0.2, 0.25) is 0 Å². The first-order valence-electron chi connectivity index (χ1n) is 6.74. The number of halogens is 2. The van der Waals surface area contributed by atoms with E-state index in [1.165, 1.54) is 14.2 Å². The molecule has 0 aliphatic rings. The van der Waals surface area contributed by atoms with Crippen molar-refractivity contribution in [3.63, 3.8) is 0 Å². The highest BCUT2D eigenvalue weighted by Gasteiger charge is 2.12. The molecule has 2 aromatic rings. The van der Waals surface area contributed by atoms with Gasteiger partial charge in [-0.2, -0.15) is 0 Å². The normalized spacial score (nSPS) is 10.0. The zero-order chi connectivity index (χ0) is 17.7. The van der Waals surface area contributed by atoms with Crippen molar-refractivity contribution in [2.45, 2.75) is 0 Å². The minimum Gasteiger partial charge on any atom is -0.496 e. The van der Waals surface area contributed by atoms with Gasteiger partial charge in [-0.25, -0.2) is 0 Å². The summed E-state index contributed by atoms with van der Waals surface area (Å²) < 4.78 is 11.5. The molecule has 2 aromatic carbocycles. The Bertz CT molecular complexity index is 715. The highest BCUT2D eigenvalue weighted by Crippen LogP contribution is 2.26. The first-order chi connectivity index (χ1) is 11.5. The quantitative estimate of drug-likeness (QED) is 0.690. The van der Waals surface area contributed by atoms with Crippen molar-refractivity contribution in [3.05, 3.63) is 56.5 Å². The van der Waals surface area contributed by atoms with Gasteiger partial charge in [-0.3, -0.25) is 20.4 Å². The summed E-state index contributed by atoms with van der Waals surface area (Å²) in [5, 5.41) is 0. The maximum absolute atomic E-state index is 12.1. The van der Waals surface area contributed by atoms with Crippen LogP contribution >= 0.6 is 31.9 Å². The fraction of sp³-hybridized carbons (Fsp3) is 0.125. The third-order valence-corrected chi connectivity index (χ3v) is 4.36. The Morgan fingerprint density at radius 2 is 1.17 bits per heavy atom. The number of carbonyl (C=O) groups is 2. The summed E-state index contributed by atoms with van der Waals surface area (Å²) in [4.78, 5) is 24.2. The first-order valence-corrected chi connectivity index (χ1v) is 8.32. The molecule has 8 heteroatoms. The molecule has 2 rings (SSSR count). The summed E-state index contributed by atoms with van der Waals surface area (Å²) in [7, 11) is 3.07. The van der Waals surface area contributed by atoms with Crippen molar-refractivity contribution in [2.75, 3.05) is 14.2 Å². The summed E-state index contributed by atoms with van der Waals surface area (Å²) in [6.07, 6.45) is 0. The molecule has 2 amide bonds. The van der Waals surface area contributed by atoms with Crippen LogP contribution in [-0.4, -0.2) is 26.0 Å². The lowest BCUT2D eigenvalue weighted by atomic mass is 10.2. The maximum Gasteiger partial charge on any atom is 0.269 e. The summed E-state index contributed by atoms with van der Waals surface area (Å²) in [5.41, 5.74) is 5.47. The fourth-order valence-corrected chi connectivity index (χ4v) is 2.95. The van der Waals surface area contributed by atoms with Gasteiger partial charge in [0.15, 0.2) is 0 Å². The van der Waals surface area contributed by atoms with Crippen molar-refractivity contribution in [3.8, 4) is 11.5 Å². The van der Waals surface area contributed by atoms with Crippen LogP contribution in [0.25, 0.3) is 0 Å². The zero-order valence-electron chi connectivity index (χ0n) is 12.9. The molecule has 2 N–H and O–H groups in total. The Kier molecular flexibility index (Phi) is 6.22. The number of amides is 2. The predicted octanol–water partition coefficient (Wildman–Crippen LogP) is 3.30. The molecule has 0 aromatic heterocycles. The van der Waals surface area contributed by atoms with Crippen LogP contribution in [0.5, 0.6) is 11.5 Å². The molecule has 0 heterocycles. The Balaban J connectivity index is 2.02. The first kappa shape index (κ1) is 18.3. The smallest absolute Gasteiger partial charge is 0.269 e. The van der Waals surface area contributed by atoms with E-state index in [0.29, 0.717) is 31.6 Å². The lowest BCUT2D eigenvalue weighted by Gasteiger charge is -2.10. The van der Waals surface area contributed by atoms with Gasteiger partial charge in [0.2, 0.25) is 0 Å². The standard InChI is InChI=1S/C16H14Br2N2O4/c1-23-13-5-3-9(7-11(13)17)15(21)19-20-16(22)10-4-6-14(24-2)12(18)8-10/h3-8H,1-2H3,(H,19,21)(H,20,22). The number of hydrazine groups is 1. The van der Waals surface area contributed by atoms with E-state index in [1.54, 1.807) is 36.4 Å². The van der Waals surface area contributed by atoms with E-state index >= 15 is 0 Å². The molecule has 0 spiro atoms. The Hall–Kier alpha value is -2.06. The number of ether oxygens (including phenoxy) is 2. The molecule has 6 nitrogen and oxygen atoms in total. The summed E-state index contributed by atoms with van der Waals surface area (Å²) in [6, 6.07) is 9.70. The molecule has 0 radical (unpaired) electrons. The molecule has 0 aliphatic heterocycles. The van der Waals surface area contributed by atoms with Crippen molar-refractivity contribution in [1.29, 1.82) is 0 Å². The summed E-state index contributed by atoms with van der Waals surface area (Å²) in [5.74, 6) is 0.330. The van der Waals surface area contributed by atoms with E-state index in [1.807, 2.05) is 0 Å². The van der Waals surface area contributed by atoms with Crippen LogP contribution < -0.4 is 20.3 Å². The summed E-state index contributed by atoms with van der Waals surface area (Å²) >= 11 is 6.61. The third kappa shape index (κ3) is 4.27. The second-order valence-corrected chi connectivity index (χ2v) is 6.32. The number of hydrogen-bond donors (Lipinski definition) is 2. The lowest BCUT2D eigenvalue weighted by Crippen LogP contribution is -2.41. The number of rotatable bonds is 4. The van der Waals surface area contributed by atoms with Gasteiger partial charge in [0.05, 0.1) is 23.2 Å². The molecule has 0 saturated heterocycles. The van der Waals surface area contributed by atoms with E-state index in [-0.39, 0.29) is 0 Å². The predicted molar refractivity (Wildman–Crippen MR) is 96.3 cm³/mol. The highest BCUT2D eigenvalue weighted by molar-refractivity contribution is 9.10. The van der Waals surface area contributed by atoms with Gasteiger partial charge in [-0.1, -0.05) is 0 Å². The highest BCUT2D eigenvalue weighted by atomic mass is 79.9. The number of nitrogens with one attached hydrogen (secondary N) is 2. The average Bonchev–Trinajstić information content (AvgIpc) is 2.59. The number of methoxy groups -OCH3 is 2. The van der Waals surface area contributed by atoms with Crippen molar-refractivity contribution in [1.82, 2.24) is 10.9 Å². The van der Waals surface area contributed by atoms with Gasteiger partial charge in [-0.05, 0) is 68.3 Å². The van der Waals surface area contributed by atoms with Crippen molar-refractivity contribution >= 4 is 43.7 Å². The lowest BCUT2D eigenvalue weighted by molar-refractivity contribution is 0.0846. The molecule has 0 bridgehead atoms. The molecular formula is C16H14Br2N2O4. The van der Waals surface area contributed by atoms with Crippen LogP contribution in [0, 0.1) is 0 Å². The third-order valence-electron chi connectivity index (χ3n) is 3.12. The summed E-state index contributed by atoms with van der Waals surface area (Å²) in [6.45, 7) is 0. The molecule has 24 heavy (non-hydrogen) atoms. The number of benzene rings is 2. The molecular weight excluding hydrogens is 444 g/mol. The van der Waals surface area contributed by atoms with Gasteiger partial charge in [0.25, 0.3) is 11.8 Å². The van der Waals surface area contributed by atoms with Crippen LogP contribution in [0.15, 0.2) is 45.3 Å². The second kappa shape index (κ2) is 8.16. The van der Waals surface area contributed by atoms with Crippen molar-refractivity contribution in [2.24, 2.45) is 0 Å². The number of carbonyl (C=O) groups excluding carboxylic acids is 2. The minimum absolute atomic E-state index is 0.374. The Morgan fingerprint density at radius 3 is 1.46 bits per heavy atom. The van der Waals surface area contributed by atoms with Gasteiger partial charge >= 0.3 is 0 Å². The Morgan fingerprint density at radius 1 is 0.792 bits per heavy atom. The van der Waals surface area contributed by atoms with E-state index in [4.69, 9.17) is 9.47 Å². The molecule has 126 valence electrons. The maximum atomic E-state index is 12.1. The SMILES string of the molecule is COc1ccc(C(=O)NNC(=O)c2ccc(OC)c(Br)c2)cc1Br. The monoisotopic (exact) mass is 456 g/mol. The largest absolute Gasteiger partial charge is 0.496 e. The van der Waals surface area contributed by atoms with Crippen LogP contribution in [0.3, 0.4) is 0 Å². The van der Waals surface area contributed by atoms with Gasteiger partial charge < -0.3 is 9.47 Å². The molecule has 0 fully saturated rings.